The fourth-order valence-corrected chi connectivity index (χ4v) is 2.15. The zero-order valence-electron chi connectivity index (χ0n) is 12.1. The van der Waals surface area contributed by atoms with Crippen LogP contribution in [-0.2, 0) is 6.61 Å². The van der Waals surface area contributed by atoms with Gasteiger partial charge in [-0.05, 0) is 43.8 Å². The fraction of sp³-hybridized carbons (Fsp3) is 0.235. The van der Waals surface area contributed by atoms with Crippen LogP contribution in [0.4, 0.5) is 0 Å². The largest absolute Gasteiger partial charge is 0.489 e. The maximum absolute atomic E-state index is 8.81. The van der Waals surface area contributed by atoms with Gasteiger partial charge in [-0.2, -0.15) is 5.26 Å². The lowest BCUT2D eigenvalue weighted by Crippen LogP contribution is -2.11. The van der Waals surface area contributed by atoms with E-state index in [-0.39, 0.29) is 0 Å². The molecule has 0 heterocycles. The maximum atomic E-state index is 8.81. The van der Waals surface area contributed by atoms with E-state index >= 15 is 0 Å². The van der Waals surface area contributed by atoms with Crippen LogP contribution < -0.4 is 10.1 Å². The normalized spacial score (nSPS) is 11.7. The van der Waals surface area contributed by atoms with Gasteiger partial charge in [0.25, 0.3) is 0 Å². The van der Waals surface area contributed by atoms with Crippen molar-refractivity contribution in [2.24, 2.45) is 0 Å². The fourth-order valence-electron chi connectivity index (χ4n) is 1.91. The molecular formula is C17H17ClN2O. The molecule has 1 unspecified atom stereocenters. The lowest BCUT2D eigenvalue weighted by molar-refractivity contribution is 0.306. The first-order valence-electron chi connectivity index (χ1n) is 6.72. The number of nitriles is 1. The van der Waals surface area contributed by atoms with Gasteiger partial charge in [-0.25, -0.2) is 0 Å². The second kappa shape index (κ2) is 7.12. The standard InChI is InChI=1S/C17H17ClN2O/c1-12(20-2)14-5-7-16(8-6-14)21-11-15-4-3-13(10-19)9-17(15)18/h3-9,12,20H,11H2,1-2H3. The number of hydrogen-bond acceptors (Lipinski definition) is 3. The van der Waals surface area contributed by atoms with Crippen LogP contribution in [-0.4, -0.2) is 7.05 Å². The molecule has 21 heavy (non-hydrogen) atoms. The highest BCUT2D eigenvalue weighted by molar-refractivity contribution is 6.31. The third kappa shape index (κ3) is 3.98. The van der Waals surface area contributed by atoms with E-state index in [0.717, 1.165) is 11.3 Å². The molecule has 0 radical (unpaired) electrons. The number of hydrogen-bond donors (Lipinski definition) is 1. The van der Waals surface area contributed by atoms with E-state index in [0.29, 0.717) is 23.2 Å². The molecule has 4 heteroatoms. The van der Waals surface area contributed by atoms with E-state index in [1.807, 2.05) is 37.4 Å². The van der Waals surface area contributed by atoms with Crippen LogP contribution in [0.2, 0.25) is 5.02 Å². The smallest absolute Gasteiger partial charge is 0.119 e. The van der Waals surface area contributed by atoms with Gasteiger partial charge >= 0.3 is 0 Å². The van der Waals surface area contributed by atoms with Crippen LogP contribution in [0, 0.1) is 11.3 Å². The van der Waals surface area contributed by atoms with E-state index in [9.17, 15) is 0 Å². The van der Waals surface area contributed by atoms with Gasteiger partial charge in [0.2, 0.25) is 0 Å². The minimum Gasteiger partial charge on any atom is -0.489 e. The zero-order valence-corrected chi connectivity index (χ0v) is 12.8. The number of halogens is 1. The van der Waals surface area contributed by atoms with E-state index in [1.165, 1.54) is 5.56 Å². The van der Waals surface area contributed by atoms with Crippen LogP contribution in [0.25, 0.3) is 0 Å². The SMILES string of the molecule is CNC(C)c1ccc(OCc2ccc(C#N)cc2Cl)cc1. The van der Waals surface area contributed by atoms with Crippen LogP contribution in [0.3, 0.4) is 0 Å². The van der Waals surface area contributed by atoms with Crippen molar-refractivity contribution in [3.8, 4) is 11.8 Å². The van der Waals surface area contributed by atoms with Gasteiger partial charge in [-0.3, -0.25) is 0 Å². The Kier molecular flexibility index (Phi) is 5.21. The quantitative estimate of drug-likeness (QED) is 0.905. The molecule has 2 rings (SSSR count). The van der Waals surface area contributed by atoms with E-state index in [4.69, 9.17) is 21.6 Å². The first-order valence-corrected chi connectivity index (χ1v) is 7.10. The summed E-state index contributed by atoms with van der Waals surface area (Å²) in [6.07, 6.45) is 0. The molecule has 2 aromatic rings. The third-order valence-corrected chi connectivity index (χ3v) is 3.74. The van der Waals surface area contributed by atoms with Crippen LogP contribution >= 0.6 is 11.6 Å². The highest BCUT2D eigenvalue weighted by Crippen LogP contribution is 2.21. The number of nitrogens with zero attached hydrogens (tertiary/aromatic N) is 1. The van der Waals surface area contributed by atoms with Gasteiger partial charge in [-0.15, -0.1) is 0 Å². The van der Waals surface area contributed by atoms with Gasteiger partial charge < -0.3 is 10.1 Å². The molecular weight excluding hydrogens is 284 g/mol. The predicted molar refractivity (Wildman–Crippen MR) is 84.4 cm³/mol. The molecule has 3 nitrogen and oxygen atoms in total. The number of nitrogens with one attached hydrogen (secondary N) is 1. The Balaban J connectivity index is 2.02. The Morgan fingerprint density at radius 2 is 1.95 bits per heavy atom. The van der Waals surface area contributed by atoms with E-state index in [1.54, 1.807) is 12.1 Å². The van der Waals surface area contributed by atoms with Crippen molar-refractivity contribution in [3.63, 3.8) is 0 Å². The van der Waals surface area contributed by atoms with Crippen molar-refractivity contribution in [3.05, 3.63) is 64.2 Å². The van der Waals surface area contributed by atoms with Crippen molar-refractivity contribution in [2.45, 2.75) is 19.6 Å². The molecule has 1 N–H and O–H groups in total. The first kappa shape index (κ1) is 15.4. The molecule has 0 aliphatic rings. The third-order valence-electron chi connectivity index (χ3n) is 3.39. The molecule has 0 amide bonds. The average Bonchev–Trinajstić information content (AvgIpc) is 2.53. The van der Waals surface area contributed by atoms with Crippen molar-refractivity contribution in [2.75, 3.05) is 7.05 Å². The average molecular weight is 301 g/mol. The molecule has 108 valence electrons. The maximum Gasteiger partial charge on any atom is 0.119 e. The summed E-state index contributed by atoms with van der Waals surface area (Å²) in [5, 5.41) is 12.5. The molecule has 0 spiro atoms. The molecule has 0 saturated carbocycles. The molecule has 1 atom stereocenters. The van der Waals surface area contributed by atoms with Gasteiger partial charge in [0.15, 0.2) is 0 Å². The summed E-state index contributed by atoms with van der Waals surface area (Å²) in [4.78, 5) is 0. The number of benzene rings is 2. The Hall–Kier alpha value is -2.02. The van der Waals surface area contributed by atoms with Crippen molar-refractivity contribution in [1.29, 1.82) is 5.26 Å². The second-order valence-electron chi connectivity index (χ2n) is 4.79. The van der Waals surface area contributed by atoms with Gasteiger partial charge in [-0.1, -0.05) is 29.8 Å². The molecule has 0 saturated heterocycles. The minimum atomic E-state index is 0.312. The van der Waals surface area contributed by atoms with E-state index in [2.05, 4.69) is 18.3 Å². The summed E-state index contributed by atoms with van der Waals surface area (Å²) in [6, 6.07) is 15.5. The molecule has 0 aromatic heterocycles. The predicted octanol–water partition coefficient (Wildman–Crippen LogP) is 4.07. The minimum absolute atomic E-state index is 0.312. The lowest BCUT2D eigenvalue weighted by Gasteiger charge is -2.12. The summed E-state index contributed by atoms with van der Waals surface area (Å²) in [5.74, 6) is 0.794. The summed E-state index contributed by atoms with van der Waals surface area (Å²) >= 11 is 6.12. The van der Waals surface area contributed by atoms with Crippen LogP contribution in [0.5, 0.6) is 5.75 Å². The Morgan fingerprint density at radius 3 is 2.52 bits per heavy atom. The summed E-state index contributed by atoms with van der Waals surface area (Å²) in [7, 11) is 1.93. The summed E-state index contributed by atoms with van der Waals surface area (Å²) < 4.78 is 5.73. The number of ether oxygens (including phenoxy) is 1. The van der Waals surface area contributed by atoms with Crippen molar-refractivity contribution < 1.29 is 4.74 Å². The molecule has 0 bridgehead atoms. The Bertz CT molecular complexity index is 647. The summed E-state index contributed by atoms with van der Waals surface area (Å²) in [6.45, 7) is 2.48. The molecule has 0 aliphatic carbocycles. The summed E-state index contributed by atoms with van der Waals surface area (Å²) in [5.41, 5.74) is 2.62. The topological polar surface area (TPSA) is 45.0 Å². The second-order valence-corrected chi connectivity index (χ2v) is 5.19. The zero-order chi connectivity index (χ0) is 15.2. The van der Waals surface area contributed by atoms with E-state index < -0.39 is 0 Å². The molecule has 0 fully saturated rings. The van der Waals surface area contributed by atoms with Crippen molar-refractivity contribution >= 4 is 11.6 Å². The Labute approximate surface area is 130 Å². The number of rotatable bonds is 5. The lowest BCUT2D eigenvalue weighted by atomic mass is 10.1. The highest BCUT2D eigenvalue weighted by Gasteiger charge is 2.05. The first-order chi connectivity index (χ1) is 10.1. The van der Waals surface area contributed by atoms with Crippen LogP contribution in [0.1, 0.15) is 29.7 Å². The van der Waals surface area contributed by atoms with Gasteiger partial charge in [0.1, 0.15) is 12.4 Å². The van der Waals surface area contributed by atoms with Crippen molar-refractivity contribution in [1.82, 2.24) is 5.32 Å². The molecule has 2 aromatic carbocycles. The highest BCUT2D eigenvalue weighted by atomic mass is 35.5. The van der Waals surface area contributed by atoms with Gasteiger partial charge in [0.05, 0.1) is 11.6 Å². The van der Waals surface area contributed by atoms with Gasteiger partial charge in [0, 0.05) is 16.6 Å². The van der Waals surface area contributed by atoms with Crippen LogP contribution in [0.15, 0.2) is 42.5 Å². The Morgan fingerprint density at radius 1 is 1.24 bits per heavy atom. The molecule has 0 aliphatic heterocycles. The monoisotopic (exact) mass is 300 g/mol.